The van der Waals surface area contributed by atoms with Gasteiger partial charge in [0.25, 0.3) is 0 Å². The van der Waals surface area contributed by atoms with Gasteiger partial charge in [0.05, 0.1) is 0 Å². The maximum absolute atomic E-state index is 13.4. The minimum atomic E-state index is -1.69. The number of amides is 1. The Bertz CT molecular complexity index is 515. The first-order valence-corrected chi connectivity index (χ1v) is 5.78. The number of carbonyl (C=O) groups excluding carboxylic acids is 1. The third-order valence-corrected chi connectivity index (χ3v) is 2.15. The van der Waals surface area contributed by atoms with E-state index in [9.17, 15) is 18.4 Å². The van der Waals surface area contributed by atoms with Crippen LogP contribution in [0.1, 0.15) is 36.7 Å². The summed E-state index contributed by atoms with van der Waals surface area (Å²) >= 11 is 0. The molecule has 20 heavy (non-hydrogen) atoms. The Morgan fingerprint density at radius 1 is 1.25 bits per heavy atom. The van der Waals surface area contributed by atoms with Crippen molar-refractivity contribution in [2.45, 2.75) is 32.9 Å². The van der Waals surface area contributed by atoms with Crippen LogP contribution in [0.25, 0.3) is 0 Å². The minimum absolute atomic E-state index is 0.0934. The van der Waals surface area contributed by atoms with Crippen LogP contribution >= 0.6 is 0 Å². The van der Waals surface area contributed by atoms with Crippen LogP contribution in [0.15, 0.2) is 12.1 Å². The van der Waals surface area contributed by atoms with Crippen molar-refractivity contribution >= 4 is 12.1 Å². The first-order valence-electron chi connectivity index (χ1n) is 5.78. The molecule has 0 unspecified atom stereocenters. The summed E-state index contributed by atoms with van der Waals surface area (Å²) in [7, 11) is 0. The molecule has 0 atom stereocenters. The van der Waals surface area contributed by atoms with E-state index in [4.69, 9.17) is 9.84 Å². The Morgan fingerprint density at radius 3 is 2.15 bits per heavy atom. The quantitative estimate of drug-likeness (QED) is 0.896. The molecule has 0 fully saturated rings. The lowest BCUT2D eigenvalue weighted by Crippen LogP contribution is -2.32. The van der Waals surface area contributed by atoms with Crippen molar-refractivity contribution in [2.24, 2.45) is 0 Å². The van der Waals surface area contributed by atoms with Crippen LogP contribution in [-0.4, -0.2) is 22.8 Å². The van der Waals surface area contributed by atoms with Gasteiger partial charge in [0.1, 0.15) is 22.8 Å². The van der Waals surface area contributed by atoms with Crippen molar-refractivity contribution in [1.29, 1.82) is 0 Å². The number of nitrogens with one attached hydrogen (secondary N) is 1. The van der Waals surface area contributed by atoms with Crippen molar-refractivity contribution in [3.05, 3.63) is 34.9 Å². The van der Waals surface area contributed by atoms with E-state index in [-0.39, 0.29) is 12.1 Å². The summed E-state index contributed by atoms with van der Waals surface area (Å²) in [5, 5.41) is 10.9. The highest BCUT2D eigenvalue weighted by Gasteiger charge is 2.19. The van der Waals surface area contributed by atoms with E-state index in [1.165, 1.54) is 0 Å². The molecule has 1 aromatic rings. The molecule has 0 spiro atoms. The SMILES string of the molecule is CC(C)(C)OC(=O)NCc1cc(F)c(C(=O)O)c(F)c1. The van der Waals surface area contributed by atoms with Crippen LogP contribution in [0.5, 0.6) is 0 Å². The van der Waals surface area contributed by atoms with E-state index in [1.807, 2.05) is 0 Å². The number of rotatable bonds is 3. The molecule has 1 aromatic carbocycles. The van der Waals surface area contributed by atoms with Gasteiger partial charge in [0.15, 0.2) is 0 Å². The number of alkyl carbamates (subject to hydrolysis) is 1. The predicted molar refractivity (Wildman–Crippen MR) is 66.4 cm³/mol. The molecular weight excluding hydrogens is 272 g/mol. The van der Waals surface area contributed by atoms with Crippen molar-refractivity contribution in [2.75, 3.05) is 0 Å². The minimum Gasteiger partial charge on any atom is -0.477 e. The molecule has 5 nitrogen and oxygen atoms in total. The van der Waals surface area contributed by atoms with Crippen molar-refractivity contribution in [1.82, 2.24) is 5.32 Å². The van der Waals surface area contributed by atoms with Crippen LogP contribution in [-0.2, 0) is 11.3 Å². The molecule has 0 saturated carbocycles. The zero-order valence-corrected chi connectivity index (χ0v) is 11.3. The summed E-state index contributed by atoms with van der Waals surface area (Å²) in [6, 6.07) is 1.70. The van der Waals surface area contributed by atoms with Gasteiger partial charge in [0.2, 0.25) is 0 Å². The Kier molecular flexibility index (Phi) is 4.65. The number of carboxylic acid groups (broad SMARTS) is 1. The van der Waals surface area contributed by atoms with Gasteiger partial charge in [-0.2, -0.15) is 0 Å². The molecule has 0 bridgehead atoms. The maximum Gasteiger partial charge on any atom is 0.407 e. The molecular formula is C13H15F2NO4. The number of halogens is 2. The molecule has 0 radical (unpaired) electrons. The van der Waals surface area contributed by atoms with Crippen molar-refractivity contribution < 1.29 is 28.2 Å². The van der Waals surface area contributed by atoms with Gasteiger partial charge < -0.3 is 15.2 Å². The molecule has 0 aliphatic heterocycles. The van der Waals surface area contributed by atoms with Gasteiger partial charge in [-0.1, -0.05) is 0 Å². The number of carbonyl (C=O) groups is 2. The van der Waals surface area contributed by atoms with Crippen LogP contribution in [0.4, 0.5) is 13.6 Å². The van der Waals surface area contributed by atoms with Crippen molar-refractivity contribution in [3.63, 3.8) is 0 Å². The highest BCUT2D eigenvalue weighted by atomic mass is 19.1. The van der Waals surface area contributed by atoms with Gasteiger partial charge in [-0.3, -0.25) is 0 Å². The highest BCUT2D eigenvalue weighted by Crippen LogP contribution is 2.15. The number of benzene rings is 1. The first-order chi connectivity index (χ1) is 9.10. The molecule has 0 aliphatic carbocycles. The normalized spacial score (nSPS) is 11.1. The Labute approximate surface area is 114 Å². The van der Waals surface area contributed by atoms with Crippen LogP contribution in [0.3, 0.4) is 0 Å². The fraction of sp³-hybridized carbons (Fsp3) is 0.385. The van der Waals surface area contributed by atoms with Gasteiger partial charge in [-0.15, -0.1) is 0 Å². The third kappa shape index (κ3) is 4.49. The second-order valence-electron chi connectivity index (χ2n) is 5.10. The Balaban J connectivity index is 2.76. The zero-order valence-electron chi connectivity index (χ0n) is 11.3. The molecule has 0 heterocycles. The lowest BCUT2D eigenvalue weighted by molar-refractivity contribution is 0.0522. The Hall–Kier alpha value is -2.18. The molecule has 0 saturated heterocycles. The summed E-state index contributed by atoms with van der Waals surface area (Å²) in [6.45, 7) is 4.84. The molecule has 7 heteroatoms. The van der Waals surface area contributed by atoms with Crippen LogP contribution in [0.2, 0.25) is 0 Å². The molecule has 1 amide bonds. The van der Waals surface area contributed by atoms with E-state index in [2.05, 4.69) is 5.32 Å². The fourth-order valence-electron chi connectivity index (χ4n) is 1.42. The average molecular weight is 287 g/mol. The van der Waals surface area contributed by atoms with E-state index in [1.54, 1.807) is 20.8 Å². The highest BCUT2D eigenvalue weighted by molar-refractivity contribution is 5.88. The maximum atomic E-state index is 13.4. The number of carboxylic acids is 1. The van der Waals surface area contributed by atoms with Gasteiger partial charge in [-0.05, 0) is 38.5 Å². The van der Waals surface area contributed by atoms with Gasteiger partial charge in [-0.25, -0.2) is 18.4 Å². The lowest BCUT2D eigenvalue weighted by atomic mass is 10.1. The molecule has 2 N–H and O–H groups in total. The van der Waals surface area contributed by atoms with E-state index >= 15 is 0 Å². The monoisotopic (exact) mass is 287 g/mol. The summed E-state index contributed by atoms with van der Waals surface area (Å²) in [5.74, 6) is -4.08. The van der Waals surface area contributed by atoms with Crippen LogP contribution in [0, 0.1) is 11.6 Å². The number of ether oxygens (including phenoxy) is 1. The predicted octanol–water partition coefficient (Wildman–Crippen LogP) is 2.69. The van der Waals surface area contributed by atoms with E-state index < -0.39 is 34.9 Å². The van der Waals surface area contributed by atoms with Crippen molar-refractivity contribution in [3.8, 4) is 0 Å². The topological polar surface area (TPSA) is 75.6 Å². The molecule has 1 rings (SSSR count). The second kappa shape index (κ2) is 5.85. The number of aromatic carboxylic acids is 1. The number of hydrogen-bond acceptors (Lipinski definition) is 3. The standard InChI is InChI=1S/C13H15F2NO4/c1-13(2,3)20-12(19)16-6-7-4-8(14)10(11(17)18)9(15)5-7/h4-5H,6H2,1-3H3,(H,16,19)(H,17,18). The molecule has 0 aromatic heterocycles. The molecule has 0 aliphatic rings. The molecule has 110 valence electrons. The summed E-state index contributed by atoms with van der Waals surface area (Å²) < 4.78 is 31.7. The van der Waals surface area contributed by atoms with Gasteiger partial charge >= 0.3 is 12.1 Å². The summed E-state index contributed by atoms with van der Waals surface area (Å²) in [5.41, 5.74) is -1.62. The van der Waals surface area contributed by atoms with E-state index in [0.717, 1.165) is 12.1 Å². The third-order valence-electron chi connectivity index (χ3n) is 2.15. The fourth-order valence-corrected chi connectivity index (χ4v) is 1.42. The van der Waals surface area contributed by atoms with E-state index in [0.29, 0.717) is 0 Å². The number of hydrogen-bond donors (Lipinski definition) is 2. The summed E-state index contributed by atoms with van der Waals surface area (Å²) in [4.78, 5) is 22.0. The Morgan fingerprint density at radius 2 is 1.75 bits per heavy atom. The first kappa shape index (κ1) is 15.9. The zero-order chi connectivity index (χ0) is 15.5. The van der Waals surface area contributed by atoms with Crippen LogP contribution < -0.4 is 5.32 Å². The smallest absolute Gasteiger partial charge is 0.407 e. The average Bonchev–Trinajstić information content (AvgIpc) is 2.22. The second-order valence-corrected chi connectivity index (χ2v) is 5.10. The largest absolute Gasteiger partial charge is 0.477 e. The summed E-state index contributed by atoms with van der Waals surface area (Å²) in [6.07, 6.45) is -0.736. The van der Waals surface area contributed by atoms with Gasteiger partial charge in [0, 0.05) is 6.54 Å². The lowest BCUT2D eigenvalue weighted by Gasteiger charge is -2.19.